The van der Waals surface area contributed by atoms with Crippen LogP contribution in [-0.2, 0) is 9.52 Å². The number of allylic oxidation sites excluding steroid dienone is 1. The SMILES string of the molecule is C=C(C=S(C)(C)=O)CCCCCC(C)(F)F.CC. The summed E-state index contributed by atoms with van der Waals surface area (Å²) in [5.41, 5.74) is 0.846. The Hall–Kier alpha value is -0.380. The van der Waals surface area contributed by atoms with Crippen LogP contribution in [0.1, 0.15) is 52.9 Å². The van der Waals surface area contributed by atoms with Gasteiger partial charge in [-0.2, -0.15) is 0 Å². The molecule has 0 heterocycles. The molecule has 0 spiro atoms. The summed E-state index contributed by atoms with van der Waals surface area (Å²) >= 11 is 0. The molecule has 0 fully saturated rings. The predicted octanol–water partition coefficient (Wildman–Crippen LogP) is 4.52. The van der Waals surface area contributed by atoms with E-state index in [2.05, 4.69) is 6.58 Å². The lowest BCUT2D eigenvalue weighted by molar-refractivity contribution is 0.0104. The Kier molecular flexibility index (Phi) is 10.6. The van der Waals surface area contributed by atoms with E-state index >= 15 is 0 Å². The first-order valence-electron chi connectivity index (χ1n) is 6.45. The minimum atomic E-state index is -2.55. The zero-order valence-corrected chi connectivity index (χ0v) is 13.2. The summed E-state index contributed by atoms with van der Waals surface area (Å²) in [6, 6.07) is 0. The van der Waals surface area contributed by atoms with Crippen LogP contribution in [0.25, 0.3) is 0 Å². The quantitative estimate of drug-likeness (QED) is 0.381. The van der Waals surface area contributed by atoms with Gasteiger partial charge in [-0.3, -0.25) is 4.21 Å². The lowest BCUT2D eigenvalue weighted by atomic mass is 10.1. The summed E-state index contributed by atoms with van der Waals surface area (Å²) in [7, 11) is -1.88. The van der Waals surface area contributed by atoms with Crippen LogP contribution in [0.2, 0.25) is 0 Å². The molecule has 0 aliphatic carbocycles. The van der Waals surface area contributed by atoms with E-state index in [1.165, 1.54) is 0 Å². The molecule has 110 valence electrons. The van der Waals surface area contributed by atoms with Gasteiger partial charge in [-0.1, -0.05) is 26.8 Å². The van der Waals surface area contributed by atoms with Gasteiger partial charge >= 0.3 is 0 Å². The number of hydrogen-bond acceptors (Lipinski definition) is 1. The molecule has 0 radical (unpaired) electrons. The largest absolute Gasteiger partial charge is 0.268 e. The van der Waals surface area contributed by atoms with Crippen LogP contribution in [0.15, 0.2) is 12.2 Å². The zero-order valence-electron chi connectivity index (χ0n) is 12.4. The molecule has 0 aliphatic rings. The van der Waals surface area contributed by atoms with Gasteiger partial charge in [0.1, 0.15) is 0 Å². The first kappa shape index (κ1) is 19.9. The van der Waals surface area contributed by atoms with Crippen LogP contribution in [0.3, 0.4) is 0 Å². The van der Waals surface area contributed by atoms with Crippen molar-refractivity contribution in [2.24, 2.45) is 0 Å². The standard InChI is InChI=1S/C12H22F2OS.C2H6/c1-11(10-16(3,4)15)8-6-5-7-9-12(2,13)14;1-2/h10H,1,5-9H2,2-4H3;1-2H3. The third-order valence-electron chi connectivity index (χ3n) is 2.06. The van der Waals surface area contributed by atoms with Gasteiger partial charge in [-0.15, -0.1) is 0 Å². The van der Waals surface area contributed by atoms with E-state index in [9.17, 15) is 13.0 Å². The highest BCUT2D eigenvalue weighted by molar-refractivity contribution is 8.00. The average molecular weight is 282 g/mol. The lowest BCUT2D eigenvalue weighted by Crippen LogP contribution is -2.08. The smallest absolute Gasteiger partial charge is 0.245 e. The van der Waals surface area contributed by atoms with Gasteiger partial charge in [0.25, 0.3) is 0 Å². The molecule has 0 unspecified atom stereocenters. The van der Waals surface area contributed by atoms with E-state index in [-0.39, 0.29) is 6.42 Å². The fraction of sp³-hybridized carbons (Fsp3) is 0.786. The molecular formula is C14H28F2OS. The van der Waals surface area contributed by atoms with E-state index < -0.39 is 15.4 Å². The third-order valence-corrected chi connectivity index (χ3v) is 2.97. The maximum absolute atomic E-state index is 12.5. The van der Waals surface area contributed by atoms with Gasteiger partial charge in [0.2, 0.25) is 5.92 Å². The molecule has 0 rings (SSSR count). The van der Waals surface area contributed by atoms with E-state index in [4.69, 9.17) is 0 Å². The summed E-state index contributed by atoms with van der Waals surface area (Å²) in [6.07, 6.45) is 6.15. The molecule has 0 saturated heterocycles. The summed E-state index contributed by atoms with van der Waals surface area (Å²) < 4.78 is 36.3. The second kappa shape index (κ2) is 9.54. The van der Waals surface area contributed by atoms with Crippen LogP contribution in [-0.4, -0.2) is 28.0 Å². The molecule has 0 atom stereocenters. The Balaban J connectivity index is 0. The van der Waals surface area contributed by atoms with Crippen LogP contribution in [0, 0.1) is 0 Å². The van der Waals surface area contributed by atoms with Gasteiger partial charge in [0.15, 0.2) is 0 Å². The summed E-state index contributed by atoms with van der Waals surface area (Å²) in [5.74, 6) is -2.55. The molecule has 0 bridgehead atoms. The Labute approximate surface area is 112 Å². The summed E-state index contributed by atoms with van der Waals surface area (Å²) in [4.78, 5) is 0. The third kappa shape index (κ3) is 18.0. The zero-order chi connectivity index (χ0) is 14.8. The van der Waals surface area contributed by atoms with Crippen molar-refractivity contribution in [3.63, 3.8) is 0 Å². The highest BCUT2D eigenvalue weighted by Gasteiger charge is 2.19. The van der Waals surface area contributed by atoms with Crippen molar-refractivity contribution in [2.45, 2.75) is 58.8 Å². The molecule has 0 saturated carbocycles. The van der Waals surface area contributed by atoms with Crippen molar-refractivity contribution in [1.29, 1.82) is 0 Å². The van der Waals surface area contributed by atoms with Crippen molar-refractivity contribution >= 4 is 14.9 Å². The van der Waals surface area contributed by atoms with Crippen LogP contribution in [0.5, 0.6) is 0 Å². The predicted molar refractivity (Wildman–Crippen MR) is 80.2 cm³/mol. The van der Waals surface area contributed by atoms with Crippen LogP contribution in [0.4, 0.5) is 8.78 Å². The van der Waals surface area contributed by atoms with Gasteiger partial charge in [0.05, 0.1) is 0 Å². The first-order chi connectivity index (χ1) is 8.10. The molecule has 0 aromatic heterocycles. The second-order valence-corrected chi connectivity index (χ2v) is 7.57. The molecule has 0 aromatic carbocycles. The molecule has 0 N–H and O–H groups in total. The summed E-state index contributed by atoms with van der Waals surface area (Å²) in [5, 5.41) is 1.68. The van der Waals surface area contributed by atoms with Gasteiger partial charge in [-0.05, 0) is 46.6 Å². The fourth-order valence-electron chi connectivity index (χ4n) is 1.42. The first-order valence-corrected chi connectivity index (χ1v) is 8.88. The summed E-state index contributed by atoms with van der Waals surface area (Å²) in [6.45, 7) is 8.75. The topological polar surface area (TPSA) is 17.1 Å². The van der Waals surface area contributed by atoms with Gasteiger partial charge in [0, 0.05) is 18.9 Å². The Morgan fingerprint density at radius 1 is 1.22 bits per heavy atom. The maximum Gasteiger partial charge on any atom is 0.245 e. The lowest BCUT2D eigenvalue weighted by Gasteiger charge is -2.09. The minimum absolute atomic E-state index is 0.0541. The van der Waals surface area contributed by atoms with Crippen molar-refractivity contribution in [2.75, 3.05) is 12.5 Å². The van der Waals surface area contributed by atoms with Gasteiger partial charge < -0.3 is 0 Å². The number of alkyl halides is 2. The minimum Gasteiger partial charge on any atom is -0.268 e. The highest BCUT2D eigenvalue weighted by atomic mass is 32.2. The highest BCUT2D eigenvalue weighted by Crippen LogP contribution is 2.20. The molecule has 1 nitrogen and oxygen atoms in total. The number of halogens is 2. The normalized spacial score (nSPS) is 11.5. The molecular weight excluding hydrogens is 254 g/mol. The average Bonchev–Trinajstić information content (AvgIpc) is 2.15. The van der Waals surface area contributed by atoms with Crippen LogP contribution < -0.4 is 0 Å². The van der Waals surface area contributed by atoms with E-state index in [0.29, 0.717) is 6.42 Å². The second-order valence-electron chi connectivity index (χ2n) is 4.72. The van der Waals surface area contributed by atoms with E-state index in [0.717, 1.165) is 31.8 Å². The fourth-order valence-corrected chi connectivity index (χ4v) is 2.35. The molecule has 18 heavy (non-hydrogen) atoms. The number of rotatable bonds is 7. The molecule has 0 aliphatic heterocycles. The monoisotopic (exact) mass is 282 g/mol. The van der Waals surface area contributed by atoms with E-state index in [1.54, 1.807) is 17.9 Å². The number of hydrogen-bond donors (Lipinski definition) is 0. The molecule has 0 aromatic rings. The van der Waals surface area contributed by atoms with E-state index in [1.807, 2.05) is 13.8 Å². The molecule has 4 heteroatoms. The number of unbranched alkanes of at least 4 members (excludes halogenated alkanes) is 2. The Bertz CT molecular complexity index is 326. The van der Waals surface area contributed by atoms with Crippen molar-refractivity contribution < 1.29 is 13.0 Å². The maximum atomic E-state index is 12.5. The van der Waals surface area contributed by atoms with Crippen molar-refractivity contribution in [1.82, 2.24) is 0 Å². The van der Waals surface area contributed by atoms with Crippen molar-refractivity contribution in [3.8, 4) is 0 Å². The van der Waals surface area contributed by atoms with Gasteiger partial charge in [-0.25, -0.2) is 8.78 Å². The Morgan fingerprint density at radius 3 is 2.11 bits per heavy atom. The van der Waals surface area contributed by atoms with Crippen LogP contribution >= 0.6 is 0 Å². The van der Waals surface area contributed by atoms with Crippen molar-refractivity contribution in [3.05, 3.63) is 12.2 Å². The molecule has 0 amide bonds. The Morgan fingerprint density at radius 2 is 1.72 bits per heavy atom.